The van der Waals surface area contributed by atoms with Crippen molar-refractivity contribution in [3.05, 3.63) is 59.7 Å². The van der Waals surface area contributed by atoms with E-state index in [1.54, 1.807) is 18.9 Å². The molecular weight excluding hydrogens is 450 g/mol. The van der Waals surface area contributed by atoms with Gasteiger partial charge in [0.05, 0.1) is 13.7 Å². The molecule has 0 aliphatic heterocycles. The van der Waals surface area contributed by atoms with Crippen LogP contribution in [0, 0.1) is 0 Å². The fourth-order valence-corrected chi connectivity index (χ4v) is 3.86. The highest BCUT2D eigenvalue weighted by molar-refractivity contribution is 7.98. The van der Waals surface area contributed by atoms with Crippen molar-refractivity contribution in [2.75, 3.05) is 37.2 Å². The lowest BCUT2D eigenvalue weighted by atomic mass is 10.1. The molecule has 9 nitrogen and oxygen atoms in total. The predicted molar refractivity (Wildman–Crippen MR) is 136 cm³/mol. The third-order valence-electron chi connectivity index (χ3n) is 5.20. The number of fused-ring (bicyclic) bond motifs is 1. The minimum absolute atomic E-state index is 0.380. The van der Waals surface area contributed by atoms with Gasteiger partial charge in [-0.15, -0.1) is 11.8 Å². The predicted octanol–water partition coefficient (Wildman–Crippen LogP) is 4.28. The Kier molecular flexibility index (Phi) is 8.16. The van der Waals surface area contributed by atoms with Gasteiger partial charge in [0.1, 0.15) is 29.5 Å². The number of aromatic nitrogens is 5. The van der Waals surface area contributed by atoms with Crippen molar-refractivity contribution < 1.29 is 9.47 Å². The number of hydrogen-bond donors (Lipinski definition) is 3. The van der Waals surface area contributed by atoms with Gasteiger partial charge in [0.15, 0.2) is 5.82 Å². The Labute approximate surface area is 203 Å². The van der Waals surface area contributed by atoms with Crippen LogP contribution in [0.4, 0.5) is 11.8 Å². The lowest BCUT2D eigenvalue weighted by molar-refractivity contribution is 0.128. The molecule has 0 radical (unpaired) electrons. The first-order chi connectivity index (χ1) is 16.7. The van der Waals surface area contributed by atoms with E-state index in [-0.39, 0.29) is 0 Å². The number of anilines is 2. The molecule has 0 bridgehead atoms. The average Bonchev–Trinajstić information content (AvgIpc) is 3.34. The highest BCUT2D eigenvalue weighted by atomic mass is 32.2. The van der Waals surface area contributed by atoms with Crippen LogP contribution >= 0.6 is 11.8 Å². The number of H-pyrrole nitrogens is 1. The molecule has 2 aromatic carbocycles. The normalized spacial score (nSPS) is 11.0. The maximum absolute atomic E-state index is 5.55. The Morgan fingerprint density at radius 3 is 2.65 bits per heavy atom. The van der Waals surface area contributed by atoms with E-state index in [0.717, 1.165) is 29.7 Å². The number of ether oxygens (including phenoxy) is 2. The van der Waals surface area contributed by atoms with Crippen molar-refractivity contribution in [3.8, 4) is 5.75 Å². The van der Waals surface area contributed by atoms with Gasteiger partial charge in [0, 0.05) is 23.4 Å². The van der Waals surface area contributed by atoms with E-state index in [9.17, 15) is 0 Å². The van der Waals surface area contributed by atoms with Crippen LogP contribution in [0.25, 0.3) is 10.9 Å². The lowest BCUT2D eigenvalue weighted by Crippen LogP contribution is -2.11. The summed E-state index contributed by atoms with van der Waals surface area (Å²) in [7, 11) is 1.64. The molecule has 34 heavy (non-hydrogen) atoms. The van der Waals surface area contributed by atoms with Crippen molar-refractivity contribution in [1.29, 1.82) is 0 Å². The van der Waals surface area contributed by atoms with Crippen molar-refractivity contribution >= 4 is 34.4 Å². The van der Waals surface area contributed by atoms with Crippen molar-refractivity contribution in [1.82, 2.24) is 25.1 Å². The van der Waals surface area contributed by atoms with Gasteiger partial charge in [-0.05, 0) is 49.4 Å². The molecule has 0 fully saturated rings. The lowest BCUT2D eigenvalue weighted by Gasteiger charge is -2.13. The van der Waals surface area contributed by atoms with E-state index >= 15 is 0 Å². The van der Waals surface area contributed by atoms with Crippen LogP contribution in [0.15, 0.2) is 47.4 Å². The number of thioether (sulfide) groups is 1. The van der Waals surface area contributed by atoms with Gasteiger partial charge in [0.25, 0.3) is 0 Å². The van der Waals surface area contributed by atoms with Gasteiger partial charge in [-0.25, -0.2) is 9.97 Å². The minimum atomic E-state index is 0.380. The Bertz CT molecular complexity index is 1210. The SMILES string of the molecule is CCOCc1n[nH]c(CNc2nc(NCCc3ccc(SC)cc3)c3cccc(OC)c3n2)n1. The summed E-state index contributed by atoms with van der Waals surface area (Å²) in [6, 6.07) is 14.5. The molecule has 4 aromatic rings. The summed E-state index contributed by atoms with van der Waals surface area (Å²) in [5.74, 6) is 3.22. The van der Waals surface area contributed by atoms with Gasteiger partial charge in [-0.1, -0.05) is 18.2 Å². The quantitative estimate of drug-likeness (QED) is 0.256. The van der Waals surface area contributed by atoms with Crippen molar-refractivity contribution in [3.63, 3.8) is 0 Å². The third-order valence-corrected chi connectivity index (χ3v) is 5.95. The second-order valence-corrected chi connectivity index (χ2v) is 8.35. The molecular formula is C24H29N7O2S. The summed E-state index contributed by atoms with van der Waals surface area (Å²) >= 11 is 1.74. The Morgan fingerprint density at radius 1 is 1.03 bits per heavy atom. The number of benzene rings is 2. The van der Waals surface area contributed by atoms with Crippen LogP contribution in [-0.4, -0.2) is 51.7 Å². The Morgan fingerprint density at radius 2 is 1.88 bits per heavy atom. The molecule has 2 heterocycles. The highest BCUT2D eigenvalue weighted by Gasteiger charge is 2.12. The first-order valence-corrected chi connectivity index (χ1v) is 12.4. The number of para-hydroxylation sites is 1. The molecule has 10 heteroatoms. The molecule has 0 aliphatic rings. The molecule has 178 valence electrons. The number of methoxy groups -OCH3 is 1. The van der Waals surface area contributed by atoms with Gasteiger partial charge in [-0.2, -0.15) is 10.1 Å². The summed E-state index contributed by atoms with van der Waals surface area (Å²) < 4.78 is 10.9. The number of nitrogens with zero attached hydrogens (tertiary/aromatic N) is 4. The van der Waals surface area contributed by atoms with E-state index < -0.39 is 0 Å². The maximum atomic E-state index is 5.55. The molecule has 0 saturated carbocycles. The average molecular weight is 480 g/mol. The minimum Gasteiger partial charge on any atom is -0.494 e. The van der Waals surface area contributed by atoms with E-state index in [1.165, 1.54) is 10.5 Å². The summed E-state index contributed by atoms with van der Waals surface area (Å²) in [5.41, 5.74) is 2.01. The summed E-state index contributed by atoms with van der Waals surface area (Å²) in [6.45, 7) is 4.08. The molecule has 0 unspecified atom stereocenters. The zero-order valence-electron chi connectivity index (χ0n) is 19.6. The topological polar surface area (TPSA) is 110 Å². The van der Waals surface area contributed by atoms with Gasteiger partial charge >= 0.3 is 0 Å². The first-order valence-electron chi connectivity index (χ1n) is 11.1. The fourth-order valence-electron chi connectivity index (χ4n) is 3.46. The largest absolute Gasteiger partial charge is 0.494 e. The first kappa shape index (κ1) is 23.8. The molecule has 4 rings (SSSR count). The summed E-state index contributed by atoms with van der Waals surface area (Å²) in [4.78, 5) is 15.1. The summed E-state index contributed by atoms with van der Waals surface area (Å²) in [6.07, 6.45) is 2.96. The van der Waals surface area contributed by atoms with Gasteiger partial charge in [0.2, 0.25) is 5.95 Å². The van der Waals surface area contributed by atoms with E-state index in [0.29, 0.717) is 43.1 Å². The van der Waals surface area contributed by atoms with E-state index in [2.05, 4.69) is 61.3 Å². The zero-order chi connectivity index (χ0) is 23.8. The van der Waals surface area contributed by atoms with Gasteiger partial charge in [-0.3, -0.25) is 5.10 Å². The zero-order valence-corrected chi connectivity index (χ0v) is 20.4. The molecule has 0 spiro atoms. The Balaban J connectivity index is 1.49. The second kappa shape index (κ2) is 11.7. The van der Waals surface area contributed by atoms with E-state index in [1.807, 2.05) is 25.1 Å². The molecule has 3 N–H and O–H groups in total. The monoisotopic (exact) mass is 479 g/mol. The van der Waals surface area contributed by atoms with Crippen LogP contribution in [0.1, 0.15) is 24.1 Å². The van der Waals surface area contributed by atoms with Crippen LogP contribution in [0.3, 0.4) is 0 Å². The van der Waals surface area contributed by atoms with Crippen LogP contribution in [0.2, 0.25) is 0 Å². The number of nitrogens with one attached hydrogen (secondary N) is 3. The smallest absolute Gasteiger partial charge is 0.225 e. The third kappa shape index (κ3) is 5.95. The number of aromatic amines is 1. The molecule has 0 aliphatic carbocycles. The molecule has 0 saturated heterocycles. The molecule has 0 atom stereocenters. The highest BCUT2D eigenvalue weighted by Crippen LogP contribution is 2.29. The van der Waals surface area contributed by atoms with Crippen LogP contribution in [-0.2, 0) is 24.3 Å². The second-order valence-electron chi connectivity index (χ2n) is 7.47. The van der Waals surface area contributed by atoms with Crippen LogP contribution in [0.5, 0.6) is 5.75 Å². The van der Waals surface area contributed by atoms with Crippen molar-refractivity contribution in [2.24, 2.45) is 0 Å². The Hall–Kier alpha value is -3.37. The summed E-state index contributed by atoms with van der Waals surface area (Å²) in [5, 5.41) is 14.7. The molecule has 2 aromatic heterocycles. The van der Waals surface area contributed by atoms with E-state index in [4.69, 9.17) is 14.5 Å². The number of rotatable bonds is 12. The van der Waals surface area contributed by atoms with Crippen LogP contribution < -0.4 is 15.4 Å². The van der Waals surface area contributed by atoms with Gasteiger partial charge < -0.3 is 20.1 Å². The standard InChI is InChI=1S/C24H29N7O2S/c1-4-33-15-21-27-20(30-31-21)14-26-24-28-22-18(6-5-7-19(22)32-2)23(29-24)25-13-12-16-8-10-17(34-3)11-9-16/h5-11H,4,12-15H2,1-3H3,(H,27,30,31)(H2,25,26,28,29). The maximum Gasteiger partial charge on any atom is 0.225 e. The fraction of sp³-hybridized carbons (Fsp3) is 0.333. The van der Waals surface area contributed by atoms with Crippen molar-refractivity contribution in [2.45, 2.75) is 31.4 Å². The molecule has 0 amide bonds. The number of hydrogen-bond acceptors (Lipinski definition) is 9.